The predicted molar refractivity (Wildman–Crippen MR) is 101 cm³/mol. The first-order chi connectivity index (χ1) is 11.6. The molecule has 0 aromatic carbocycles. The number of ketones is 1. The Morgan fingerprint density at radius 3 is 2.44 bits per heavy atom. The van der Waals surface area contributed by atoms with Crippen LogP contribution in [-0.2, 0) is 9.59 Å². The number of carboxylic acid groups (broad SMARTS) is 1. The minimum Gasteiger partial charge on any atom is -0.550 e. The molecule has 0 amide bonds. The number of carbonyl (C=O) groups is 2. The van der Waals surface area contributed by atoms with E-state index in [2.05, 4.69) is 32.9 Å². The summed E-state index contributed by atoms with van der Waals surface area (Å²) in [5, 5.41) is 10.4. The van der Waals surface area contributed by atoms with Crippen molar-refractivity contribution in [2.24, 2.45) is 5.41 Å². The van der Waals surface area contributed by atoms with Crippen LogP contribution in [0.15, 0.2) is 58.7 Å². The van der Waals surface area contributed by atoms with Crippen LogP contribution < -0.4 is 5.11 Å². The molecule has 136 valence electrons. The smallest absolute Gasteiger partial charge is 0.161 e. The number of carbonyl (C=O) groups excluding carboxylic acids is 2. The summed E-state index contributed by atoms with van der Waals surface area (Å²) in [6, 6.07) is 0. The third kappa shape index (κ3) is 7.51. The van der Waals surface area contributed by atoms with E-state index >= 15 is 0 Å². The quantitative estimate of drug-likeness (QED) is 0.395. The molecular formula is C22H29O3-. The Labute approximate surface area is 151 Å². The van der Waals surface area contributed by atoms with Crippen molar-refractivity contribution in [3.8, 4) is 0 Å². The third-order valence-corrected chi connectivity index (χ3v) is 4.48. The van der Waals surface area contributed by atoms with Gasteiger partial charge < -0.3 is 9.90 Å². The van der Waals surface area contributed by atoms with Gasteiger partial charge >= 0.3 is 0 Å². The SMILES string of the molecule is CC1=C(/C=C/C(C)=C/C=C/C(C)=C/C(=O)CC(=O)[O-])C(C)(C)CCC1. The molecule has 0 N–H and O–H groups in total. The molecule has 0 saturated heterocycles. The van der Waals surface area contributed by atoms with Crippen LogP contribution in [0.5, 0.6) is 0 Å². The predicted octanol–water partition coefficient (Wildman–Crippen LogP) is 4.23. The van der Waals surface area contributed by atoms with E-state index in [9.17, 15) is 14.7 Å². The normalized spacial score (nSPS) is 19.1. The van der Waals surface area contributed by atoms with Crippen LogP contribution in [0, 0.1) is 5.41 Å². The number of rotatable bonds is 7. The summed E-state index contributed by atoms with van der Waals surface area (Å²) in [6.07, 6.45) is 14.4. The van der Waals surface area contributed by atoms with Crippen molar-refractivity contribution in [1.82, 2.24) is 0 Å². The Hall–Kier alpha value is -2.16. The molecule has 1 aliphatic rings. The molecule has 3 nitrogen and oxygen atoms in total. The first-order valence-corrected chi connectivity index (χ1v) is 8.76. The number of carboxylic acids is 1. The van der Waals surface area contributed by atoms with Crippen LogP contribution >= 0.6 is 0 Å². The highest BCUT2D eigenvalue weighted by Gasteiger charge is 2.26. The second-order valence-electron chi connectivity index (χ2n) is 7.44. The molecule has 0 fully saturated rings. The number of hydrogen-bond donors (Lipinski definition) is 0. The van der Waals surface area contributed by atoms with Crippen molar-refractivity contribution in [2.75, 3.05) is 0 Å². The molecule has 0 unspecified atom stereocenters. The van der Waals surface area contributed by atoms with Gasteiger partial charge in [0, 0.05) is 5.97 Å². The summed E-state index contributed by atoms with van der Waals surface area (Å²) in [5.74, 6) is -1.81. The van der Waals surface area contributed by atoms with Gasteiger partial charge in [-0.05, 0) is 62.7 Å². The number of hydrogen-bond acceptors (Lipinski definition) is 3. The second-order valence-corrected chi connectivity index (χ2v) is 7.44. The fourth-order valence-electron chi connectivity index (χ4n) is 3.13. The molecular weight excluding hydrogens is 312 g/mol. The molecule has 1 aliphatic carbocycles. The maximum Gasteiger partial charge on any atom is 0.161 e. The van der Waals surface area contributed by atoms with Crippen molar-refractivity contribution >= 4 is 11.8 Å². The minimum atomic E-state index is -1.35. The van der Waals surface area contributed by atoms with Gasteiger partial charge in [0.05, 0.1) is 6.42 Å². The van der Waals surface area contributed by atoms with Gasteiger partial charge in [-0.3, -0.25) is 4.79 Å². The van der Waals surface area contributed by atoms with Crippen molar-refractivity contribution in [3.63, 3.8) is 0 Å². The molecule has 0 saturated carbocycles. The van der Waals surface area contributed by atoms with Crippen molar-refractivity contribution in [1.29, 1.82) is 0 Å². The Morgan fingerprint density at radius 1 is 1.16 bits per heavy atom. The van der Waals surface area contributed by atoms with Gasteiger partial charge in [0.1, 0.15) is 0 Å². The molecule has 3 heteroatoms. The highest BCUT2D eigenvalue weighted by Crippen LogP contribution is 2.40. The zero-order valence-electron chi connectivity index (χ0n) is 16.0. The van der Waals surface area contributed by atoms with Gasteiger partial charge in [-0.2, -0.15) is 0 Å². The molecule has 0 heterocycles. The van der Waals surface area contributed by atoms with Crippen LogP contribution in [0.2, 0.25) is 0 Å². The molecule has 1 rings (SSSR count). The lowest BCUT2D eigenvalue weighted by Gasteiger charge is -2.32. The fraction of sp³-hybridized carbons (Fsp3) is 0.455. The summed E-state index contributed by atoms with van der Waals surface area (Å²) in [5.41, 5.74) is 4.96. The lowest BCUT2D eigenvalue weighted by molar-refractivity contribution is -0.304. The summed E-state index contributed by atoms with van der Waals surface area (Å²) in [7, 11) is 0. The lowest BCUT2D eigenvalue weighted by atomic mass is 9.72. The monoisotopic (exact) mass is 341 g/mol. The molecule has 0 atom stereocenters. The molecule has 0 radical (unpaired) electrons. The summed E-state index contributed by atoms with van der Waals surface area (Å²) >= 11 is 0. The number of aliphatic carboxylic acids is 1. The lowest BCUT2D eigenvalue weighted by Crippen LogP contribution is -2.24. The highest BCUT2D eigenvalue weighted by atomic mass is 16.4. The zero-order valence-corrected chi connectivity index (χ0v) is 16.0. The molecule has 0 aromatic rings. The Morgan fingerprint density at radius 2 is 1.84 bits per heavy atom. The maximum atomic E-state index is 11.4. The van der Waals surface area contributed by atoms with E-state index in [1.807, 2.05) is 19.1 Å². The van der Waals surface area contributed by atoms with Crippen molar-refractivity contribution < 1.29 is 14.7 Å². The Kier molecular flexibility index (Phi) is 7.82. The van der Waals surface area contributed by atoms with Crippen LogP contribution in [0.25, 0.3) is 0 Å². The average molecular weight is 341 g/mol. The minimum absolute atomic E-state index is 0.230. The number of allylic oxidation sites excluding steroid dienone is 10. The molecule has 0 bridgehead atoms. The van der Waals surface area contributed by atoms with E-state index in [1.165, 1.54) is 36.5 Å². The summed E-state index contributed by atoms with van der Waals surface area (Å²) < 4.78 is 0. The average Bonchev–Trinajstić information content (AvgIpc) is 2.44. The van der Waals surface area contributed by atoms with E-state index in [0.29, 0.717) is 5.57 Å². The molecule has 25 heavy (non-hydrogen) atoms. The van der Waals surface area contributed by atoms with Crippen molar-refractivity contribution in [3.05, 3.63) is 58.7 Å². The van der Waals surface area contributed by atoms with E-state index in [-0.39, 0.29) is 5.41 Å². The van der Waals surface area contributed by atoms with E-state index in [0.717, 1.165) is 5.57 Å². The van der Waals surface area contributed by atoms with Crippen LogP contribution in [-0.4, -0.2) is 11.8 Å². The Balaban J connectivity index is 2.74. The Bertz CT molecular complexity index is 667. The van der Waals surface area contributed by atoms with Gasteiger partial charge in [0.25, 0.3) is 0 Å². The van der Waals surface area contributed by atoms with Crippen LogP contribution in [0.3, 0.4) is 0 Å². The standard InChI is InChI=1S/C22H30O3/c1-16(8-6-9-17(2)14-19(23)15-21(24)25)11-12-20-18(3)10-7-13-22(20,4)5/h6,8-9,11-12,14H,7,10,13,15H2,1-5H3,(H,24,25)/p-1/b9-6+,12-11+,16-8+,17-14+. The fourth-order valence-corrected chi connectivity index (χ4v) is 3.13. The maximum absolute atomic E-state index is 11.4. The summed E-state index contributed by atoms with van der Waals surface area (Å²) in [4.78, 5) is 21.7. The van der Waals surface area contributed by atoms with E-state index in [4.69, 9.17) is 0 Å². The first-order valence-electron chi connectivity index (χ1n) is 8.76. The van der Waals surface area contributed by atoms with Crippen LogP contribution in [0.4, 0.5) is 0 Å². The van der Waals surface area contributed by atoms with E-state index in [1.54, 1.807) is 13.0 Å². The van der Waals surface area contributed by atoms with Gasteiger partial charge in [-0.25, -0.2) is 0 Å². The third-order valence-electron chi connectivity index (χ3n) is 4.48. The van der Waals surface area contributed by atoms with Gasteiger partial charge in [0.15, 0.2) is 5.78 Å². The van der Waals surface area contributed by atoms with Gasteiger partial charge in [-0.15, -0.1) is 0 Å². The topological polar surface area (TPSA) is 57.2 Å². The van der Waals surface area contributed by atoms with Gasteiger partial charge in [0.2, 0.25) is 0 Å². The molecule has 0 aromatic heterocycles. The second kappa shape index (κ2) is 9.36. The van der Waals surface area contributed by atoms with Crippen LogP contribution in [0.1, 0.15) is 60.3 Å². The summed E-state index contributed by atoms with van der Waals surface area (Å²) in [6.45, 7) is 10.6. The molecule has 0 spiro atoms. The zero-order chi connectivity index (χ0) is 19.0. The largest absolute Gasteiger partial charge is 0.550 e. The highest BCUT2D eigenvalue weighted by molar-refractivity contribution is 6.01. The van der Waals surface area contributed by atoms with E-state index < -0.39 is 18.2 Å². The van der Waals surface area contributed by atoms with Gasteiger partial charge in [-0.1, -0.05) is 55.4 Å². The molecule has 0 aliphatic heterocycles. The first kappa shape index (κ1) is 20.9. The van der Waals surface area contributed by atoms with Crippen molar-refractivity contribution in [2.45, 2.75) is 60.3 Å².